The summed E-state index contributed by atoms with van der Waals surface area (Å²) in [4.78, 5) is 18.5. The predicted octanol–water partition coefficient (Wildman–Crippen LogP) is 3.02. The van der Waals surface area contributed by atoms with Gasteiger partial charge in [-0.1, -0.05) is 0 Å². The minimum absolute atomic E-state index is 0.146. The van der Waals surface area contributed by atoms with Gasteiger partial charge in [0, 0.05) is 31.0 Å². The Balaban J connectivity index is 2.15. The van der Waals surface area contributed by atoms with Crippen LogP contribution in [0.4, 0.5) is 11.5 Å². The lowest BCUT2D eigenvalue weighted by atomic mass is 10.2. The zero-order valence-electron chi connectivity index (χ0n) is 12.3. The van der Waals surface area contributed by atoms with Crippen LogP contribution in [0, 0.1) is 13.8 Å². The average Bonchev–Trinajstić information content (AvgIpc) is 2.37. The molecule has 4 heteroatoms. The highest BCUT2D eigenvalue weighted by Crippen LogP contribution is 2.14. The van der Waals surface area contributed by atoms with Gasteiger partial charge in [-0.25, -0.2) is 4.98 Å². The Morgan fingerprint density at radius 1 is 1.10 bits per heavy atom. The molecule has 1 aromatic heterocycles. The van der Waals surface area contributed by atoms with E-state index in [-0.39, 0.29) is 5.91 Å². The fourth-order valence-corrected chi connectivity index (χ4v) is 2.00. The van der Waals surface area contributed by atoms with Gasteiger partial charge in [-0.15, -0.1) is 0 Å². The summed E-state index contributed by atoms with van der Waals surface area (Å²) >= 11 is 0. The van der Waals surface area contributed by atoms with Gasteiger partial charge in [-0.2, -0.15) is 0 Å². The molecule has 0 saturated heterocycles. The normalized spacial score (nSPS) is 10.2. The molecule has 0 radical (unpaired) electrons. The summed E-state index contributed by atoms with van der Waals surface area (Å²) < 4.78 is 0. The number of rotatable bonds is 3. The minimum Gasteiger partial charge on any atom is -0.378 e. The van der Waals surface area contributed by atoms with Crippen molar-refractivity contribution in [1.82, 2.24) is 4.98 Å². The fraction of sp³-hybridized carbons (Fsp3) is 0.250. The summed E-state index contributed by atoms with van der Waals surface area (Å²) in [5.74, 6) is 0.442. The van der Waals surface area contributed by atoms with Crippen molar-refractivity contribution >= 4 is 17.4 Å². The van der Waals surface area contributed by atoms with Crippen LogP contribution in [0.2, 0.25) is 0 Å². The van der Waals surface area contributed by atoms with Gasteiger partial charge >= 0.3 is 0 Å². The number of hydrogen-bond donors (Lipinski definition) is 1. The zero-order valence-corrected chi connectivity index (χ0v) is 12.3. The van der Waals surface area contributed by atoms with Gasteiger partial charge < -0.3 is 10.2 Å². The van der Waals surface area contributed by atoms with E-state index in [9.17, 15) is 4.79 Å². The summed E-state index contributed by atoms with van der Waals surface area (Å²) in [6, 6.07) is 11.3. The molecule has 0 fully saturated rings. The predicted molar refractivity (Wildman–Crippen MR) is 82.4 cm³/mol. The van der Waals surface area contributed by atoms with Crippen molar-refractivity contribution in [3.05, 3.63) is 53.2 Å². The Morgan fingerprint density at radius 3 is 2.30 bits per heavy atom. The molecule has 0 saturated carbocycles. The molecular weight excluding hydrogens is 250 g/mol. The van der Waals surface area contributed by atoms with E-state index in [1.165, 1.54) is 0 Å². The van der Waals surface area contributed by atoms with Gasteiger partial charge in [0.2, 0.25) is 0 Å². The molecule has 0 aliphatic heterocycles. The number of aryl methyl sites for hydroxylation is 2. The Labute approximate surface area is 119 Å². The molecule has 0 unspecified atom stereocenters. The zero-order chi connectivity index (χ0) is 14.7. The Morgan fingerprint density at radius 2 is 1.75 bits per heavy atom. The summed E-state index contributed by atoms with van der Waals surface area (Å²) in [6.07, 6.45) is 0. The molecule has 0 atom stereocenters. The van der Waals surface area contributed by atoms with Gasteiger partial charge in [0.15, 0.2) is 0 Å². The number of nitrogens with zero attached hydrogens (tertiary/aromatic N) is 2. The van der Waals surface area contributed by atoms with Crippen LogP contribution in [0.1, 0.15) is 21.6 Å². The molecule has 1 heterocycles. The summed E-state index contributed by atoms with van der Waals surface area (Å²) in [5.41, 5.74) is 3.65. The van der Waals surface area contributed by atoms with Crippen molar-refractivity contribution in [1.29, 1.82) is 0 Å². The van der Waals surface area contributed by atoms with Crippen molar-refractivity contribution in [2.45, 2.75) is 13.8 Å². The number of nitrogens with one attached hydrogen (secondary N) is 1. The largest absolute Gasteiger partial charge is 0.378 e. The third-order valence-electron chi connectivity index (χ3n) is 2.99. The summed E-state index contributed by atoms with van der Waals surface area (Å²) in [5, 5.41) is 2.82. The van der Waals surface area contributed by atoms with Crippen LogP contribution in [-0.2, 0) is 0 Å². The first-order chi connectivity index (χ1) is 9.45. The van der Waals surface area contributed by atoms with E-state index in [1.54, 1.807) is 0 Å². The molecule has 20 heavy (non-hydrogen) atoms. The van der Waals surface area contributed by atoms with Gasteiger partial charge in [0.25, 0.3) is 5.91 Å². The highest BCUT2D eigenvalue weighted by Gasteiger charge is 2.07. The molecule has 0 bridgehead atoms. The van der Waals surface area contributed by atoms with E-state index < -0.39 is 0 Å². The lowest BCUT2D eigenvalue weighted by Gasteiger charge is -2.12. The lowest BCUT2D eigenvalue weighted by molar-refractivity contribution is 0.102. The standard InChI is InChI=1S/C16H19N3O/c1-11-9-12(2)17-15(10-11)18-16(20)13-5-7-14(8-6-13)19(3)4/h5-10H,1-4H3,(H,17,18,20). The van der Waals surface area contributed by atoms with Crippen molar-refractivity contribution in [3.8, 4) is 0 Å². The maximum atomic E-state index is 12.2. The highest BCUT2D eigenvalue weighted by molar-refractivity contribution is 6.04. The molecule has 0 spiro atoms. The van der Waals surface area contributed by atoms with Gasteiger partial charge in [0.05, 0.1) is 0 Å². The molecular formula is C16H19N3O. The van der Waals surface area contributed by atoms with Crippen LogP contribution in [0.15, 0.2) is 36.4 Å². The fourth-order valence-electron chi connectivity index (χ4n) is 2.00. The maximum Gasteiger partial charge on any atom is 0.256 e. The molecule has 1 N–H and O–H groups in total. The molecule has 0 aliphatic rings. The van der Waals surface area contributed by atoms with Crippen molar-refractivity contribution in [3.63, 3.8) is 0 Å². The third-order valence-corrected chi connectivity index (χ3v) is 2.99. The average molecular weight is 269 g/mol. The molecule has 1 amide bonds. The van der Waals surface area contributed by atoms with Crippen LogP contribution in [-0.4, -0.2) is 25.0 Å². The number of pyridine rings is 1. The molecule has 1 aromatic carbocycles. The number of carbonyl (C=O) groups excluding carboxylic acids is 1. The monoisotopic (exact) mass is 269 g/mol. The molecule has 2 aromatic rings. The number of carbonyl (C=O) groups is 1. The molecule has 104 valence electrons. The number of benzene rings is 1. The first-order valence-electron chi connectivity index (χ1n) is 6.50. The van der Waals surface area contributed by atoms with E-state index in [1.807, 2.05) is 69.2 Å². The van der Waals surface area contributed by atoms with E-state index in [0.717, 1.165) is 16.9 Å². The maximum absolute atomic E-state index is 12.2. The summed E-state index contributed by atoms with van der Waals surface area (Å²) in [6.45, 7) is 3.89. The minimum atomic E-state index is -0.146. The smallest absolute Gasteiger partial charge is 0.256 e. The lowest BCUT2D eigenvalue weighted by Crippen LogP contribution is -2.14. The number of hydrogen-bond acceptors (Lipinski definition) is 3. The number of aromatic nitrogens is 1. The quantitative estimate of drug-likeness (QED) is 0.931. The second kappa shape index (κ2) is 5.74. The Bertz CT molecular complexity index is 598. The van der Waals surface area contributed by atoms with Crippen LogP contribution < -0.4 is 10.2 Å². The first-order valence-corrected chi connectivity index (χ1v) is 6.50. The van der Waals surface area contributed by atoms with Crippen molar-refractivity contribution in [2.24, 2.45) is 0 Å². The van der Waals surface area contributed by atoms with Crippen LogP contribution in [0.5, 0.6) is 0 Å². The molecule has 0 aliphatic carbocycles. The number of anilines is 2. The Hall–Kier alpha value is -2.36. The summed E-state index contributed by atoms with van der Waals surface area (Å²) in [7, 11) is 3.93. The van der Waals surface area contributed by atoms with Gasteiger partial charge in [-0.05, 0) is 55.8 Å². The number of amides is 1. The van der Waals surface area contributed by atoms with E-state index in [0.29, 0.717) is 11.4 Å². The highest BCUT2D eigenvalue weighted by atomic mass is 16.1. The molecule has 4 nitrogen and oxygen atoms in total. The third kappa shape index (κ3) is 3.35. The van der Waals surface area contributed by atoms with E-state index in [4.69, 9.17) is 0 Å². The van der Waals surface area contributed by atoms with E-state index in [2.05, 4.69) is 10.3 Å². The van der Waals surface area contributed by atoms with Gasteiger partial charge in [-0.3, -0.25) is 4.79 Å². The first kappa shape index (κ1) is 14.1. The second-order valence-electron chi connectivity index (χ2n) is 5.07. The second-order valence-corrected chi connectivity index (χ2v) is 5.07. The van der Waals surface area contributed by atoms with Crippen LogP contribution in [0.25, 0.3) is 0 Å². The Kier molecular flexibility index (Phi) is 4.03. The van der Waals surface area contributed by atoms with Crippen molar-refractivity contribution < 1.29 is 4.79 Å². The van der Waals surface area contributed by atoms with Crippen LogP contribution in [0.3, 0.4) is 0 Å². The molecule has 2 rings (SSSR count). The van der Waals surface area contributed by atoms with E-state index >= 15 is 0 Å². The SMILES string of the molecule is Cc1cc(C)nc(NC(=O)c2ccc(N(C)C)cc2)c1. The topological polar surface area (TPSA) is 45.2 Å². The van der Waals surface area contributed by atoms with Crippen LogP contribution >= 0.6 is 0 Å². The van der Waals surface area contributed by atoms with Crippen molar-refractivity contribution in [2.75, 3.05) is 24.3 Å². The van der Waals surface area contributed by atoms with Gasteiger partial charge in [0.1, 0.15) is 5.82 Å².